The second kappa shape index (κ2) is 7.30. The molecule has 0 N–H and O–H groups in total. The van der Waals surface area contributed by atoms with Crippen molar-refractivity contribution in [1.29, 1.82) is 0 Å². The molecule has 0 saturated carbocycles. The van der Waals surface area contributed by atoms with Crippen LogP contribution in [0.1, 0.15) is 74.9 Å². The van der Waals surface area contributed by atoms with Crippen molar-refractivity contribution in [2.75, 3.05) is 0 Å². The van der Waals surface area contributed by atoms with Gasteiger partial charge in [-0.1, -0.05) is 0 Å². The molecule has 0 radical (unpaired) electrons. The van der Waals surface area contributed by atoms with Crippen LogP contribution in [0.5, 0.6) is 0 Å². The molecule has 0 heterocycles. The number of hydrogen-bond acceptors (Lipinski definition) is 4. The predicted octanol–water partition coefficient (Wildman–Crippen LogP) is 21.3. The van der Waals surface area contributed by atoms with Crippen molar-refractivity contribution >= 4 is 334 Å². The second-order valence-electron chi connectivity index (χ2n) is 31.4. The van der Waals surface area contributed by atoms with Crippen molar-refractivity contribution in [2.45, 2.75) is 63.9 Å². The van der Waals surface area contributed by atoms with Crippen LogP contribution in [-0.2, 0) is 30.8 Å². The molecule has 4 nitrogen and oxygen atoms in total. The fourth-order valence-corrected chi connectivity index (χ4v) is 27.5. The fourth-order valence-electron chi connectivity index (χ4n) is 27.5. The average molecular weight is 1020 g/mol. The van der Waals surface area contributed by atoms with Crippen LogP contribution in [0.4, 0.5) is 0 Å². The van der Waals surface area contributed by atoms with Gasteiger partial charge in [0, 0.05) is 33.4 Å². The van der Waals surface area contributed by atoms with Gasteiger partial charge in [-0.05, 0) is 375 Å². The Labute approximate surface area is 448 Å². The number of rotatable bonds is 4. The molecule has 0 spiro atoms. The maximum atomic E-state index is 8.26. The van der Waals surface area contributed by atoms with Gasteiger partial charge in [-0.25, -0.2) is 19.6 Å². The van der Waals surface area contributed by atoms with Gasteiger partial charge in [0.2, 0.25) is 0 Å². The van der Waals surface area contributed by atoms with E-state index < -0.39 is 22.4 Å². The molecule has 0 aromatic heterocycles. The standard InChI is InChI=1S/C78H18O4/c1-75(2,3)79-81-77-69-61-51-45-29-21-13-7-8-9-11-15(13)27(29)33-31-19(11)24-18(9)26-22-14(8)16-12-10(7)17-23-20(12)32-34-28(16)30(22)46-48-38(26)40-36(24)43-41(31)53(49(33)51)65(69)67-57(43)56(40)64-60(48)62-52(46)50(34)54-42(32)44-35(23)39-37(25(17)21)47(45)59(61)63-55(39)58(44)68-66(54)70(62)78(72(64)73(67)77,74(68)71(63)77)82-80-76(4,5)6/h1-6H3. The monoisotopic (exact) mass is 1020 g/mol. The van der Waals surface area contributed by atoms with Gasteiger partial charge in [0.05, 0.1) is 11.2 Å². The SMILES string of the molecule is CC(C)(C)OOC12c3c4c5c6c7c8c9c%10c(c1c1c%11c%12c2c2c3c3c5c5c%13c6c6c7c7c9c9c%14c%10c1c1c%10c%11c%11c%12c%12c2c2c3c5c3c5c2c%12c2c%11c%11c%10c%10c(c%141)c1c9c7c7c6c6c%13c3c3c5c2c%11c2c%10c1c7c6c32)C48OOC(C)(C)C. The zero-order chi connectivity index (χ0) is 50.1. The van der Waals surface area contributed by atoms with Gasteiger partial charge in [-0.2, -0.15) is 0 Å². The lowest BCUT2D eigenvalue weighted by molar-refractivity contribution is -0.400. The highest BCUT2D eigenvalue weighted by Crippen LogP contribution is 2.85. The first-order valence-corrected chi connectivity index (χ1v) is 30.4. The van der Waals surface area contributed by atoms with Crippen molar-refractivity contribution in [2.24, 2.45) is 0 Å². The van der Waals surface area contributed by atoms with E-state index in [0.717, 1.165) is 0 Å². The van der Waals surface area contributed by atoms with Crippen LogP contribution in [0.25, 0.3) is 334 Å². The molecule has 37 rings (SSSR count). The Morgan fingerprint density at radius 3 is 0.390 bits per heavy atom. The largest absolute Gasteiger partial charge is 0.229 e. The van der Waals surface area contributed by atoms with Gasteiger partial charge in [0.1, 0.15) is 0 Å². The van der Waals surface area contributed by atoms with Crippen molar-refractivity contribution in [1.82, 2.24) is 0 Å². The van der Waals surface area contributed by atoms with Gasteiger partial charge in [0.15, 0.2) is 11.2 Å². The predicted molar refractivity (Wildman–Crippen MR) is 340 cm³/mol. The van der Waals surface area contributed by atoms with E-state index in [1.54, 1.807) is 205 Å². The van der Waals surface area contributed by atoms with Crippen LogP contribution < -0.4 is 0 Å². The minimum atomic E-state index is -1.13. The van der Waals surface area contributed by atoms with E-state index >= 15 is 0 Å². The summed E-state index contributed by atoms with van der Waals surface area (Å²) in [7, 11) is 0. The van der Waals surface area contributed by atoms with E-state index in [-0.39, 0.29) is 0 Å². The molecule has 0 aliphatic heterocycles. The molecule has 4 heteroatoms. The molecule has 32 aromatic carbocycles. The lowest BCUT2D eigenvalue weighted by Crippen LogP contribution is -2.48. The van der Waals surface area contributed by atoms with Crippen molar-refractivity contribution < 1.29 is 19.6 Å². The summed E-state index contributed by atoms with van der Waals surface area (Å²) in [5.41, 5.74) is 4.40. The Morgan fingerprint density at radius 2 is 0.244 bits per heavy atom. The Balaban J connectivity index is 1.11. The molecule has 82 heavy (non-hydrogen) atoms. The lowest BCUT2D eigenvalue weighted by Gasteiger charge is -2.49. The molecule has 5 aliphatic rings. The highest BCUT2D eigenvalue weighted by Gasteiger charge is 2.69. The molecule has 5 aliphatic carbocycles. The maximum Gasteiger partial charge on any atom is 0.182 e. The van der Waals surface area contributed by atoms with Crippen molar-refractivity contribution in [3.8, 4) is 0 Å². The second-order valence-corrected chi connectivity index (χ2v) is 31.4. The summed E-state index contributed by atoms with van der Waals surface area (Å²) in [5, 5.41) is 95.5. The van der Waals surface area contributed by atoms with E-state index in [9.17, 15) is 0 Å². The first-order chi connectivity index (χ1) is 40.1. The van der Waals surface area contributed by atoms with Gasteiger partial charge in [0.25, 0.3) is 0 Å². The van der Waals surface area contributed by atoms with E-state index in [1.807, 2.05) is 0 Å². The summed E-state index contributed by atoms with van der Waals surface area (Å²) in [6, 6.07) is 0. The summed E-state index contributed by atoms with van der Waals surface area (Å²) in [4.78, 5) is 31.3. The molecule has 2 unspecified atom stereocenters. The number of hydrogen-bond donors (Lipinski definition) is 0. The lowest BCUT2D eigenvalue weighted by atomic mass is 9.60. The highest BCUT2D eigenvalue weighted by molar-refractivity contribution is 6.83. The maximum absolute atomic E-state index is 8.26. The van der Waals surface area contributed by atoms with Crippen LogP contribution in [0, 0.1) is 0 Å². The van der Waals surface area contributed by atoms with Crippen LogP contribution in [-0.4, -0.2) is 11.2 Å². The number of benzene rings is 22. The van der Waals surface area contributed by atoms with E-state index in [1.165, 1.54) is 163 Å². The van der Waals surface area contributed by atoms with Gasteiger partial charge < -0.3 is 0 Å². The third kappa shape index (κ3) is 1.82. The van der Waals surface area contributed by atoms with Crippen LogP contribution in [0.3, 0.4) is 0 Å². The molecule has 32 aromatic rings. The Bertz CT molecular complexity index is 8270. The van der Waals surface area contributed by atoms with Crippen molar-refractivity contribution in [3.63, 3.8) is 0 Å². The summed E-state index contributed by atoms with van der Waals surface area (Å²) >= 11 is 0. The Kier molecular flexibility index (Phi) is 2.89. The first kappa shape index (κ1) is 32.4. The molecule has 2 atom stereocenters. The fraction of sp³-hybridized carbons (Fsp3) is 0.128. The van der Waals surface area contributed by atoms with E-state index in [4.69, 9.17) is 19.6 Å². The molecule has 0 amide bonds. The van der Waals surface area contributed by atoms with E-state index in [2.05, 4.69) is 41.5 Å². The Hall–Kier alpha value is -9.00. The topological polar surface area (TPSA) is 36.9 Å². The van der Waals surface area contributed by atoms with Gasteiger partial charge >= 0.3 is 0 Å². The summed E-state index contributed by atoms with van der Waals surface area (Å²) in [5.74, 6) is 0. The zero-order valence-electron chi connectivity index (χ0n) is 43.6. The third-order valence-electron chi connectivity index (χ3n) is 27.7. The van der Waals surface area contributed by atoms with Gasteiger partial charge in [-0.15, -0.1) is 0 Å². The van der Waals surface area contributed by atoms with Crippen LogP contribution in [0.2, 0.25) is 0 Å². The first-order valence-electron chi connectivity index (χ1n) is 30.4. The molecular formula is C78H18O4. The minimum Gasteiger partial charge on any atom is -0.229 e. The summed E-state index contributed by atoms with van der Waals surface area (Å²) < 4.78 is 0. The van der Waals surface area contributed by atoms with Crippen molar-refractivity contribution in [3.05, 3.63) is 33.4 Å². The summed E-state index contributed by atoms with van der Waals surface area (Å²) in [6.07, 6.45) is 0. The van der Waals surface area contributed by atoms with E-state index in [0.29, 0.717) is 0 Å². The molecule has 354 valence electrons. The normalized spacial score (nSPS) is 21.6. The smallest absolute Gasteiger partial charge is 0.182 e. The minimum absolute atomic E-state index is 0.619. The van der Waals surface area contributed by atoms with Crippen LogP contribution >= 0.6 is 0 Å². The summed E-state index contributed by atoms with van der Waals surface area (Å²) in [6.45, 7) is 13.2. The van der Waals surface area contributed by atoms with Crippen LogP contribution in [0.15, 0.2) is 0 Å². The highest BCUT2D eigenvalue weighted by atomic mass is 17.2. The zero-order valence-corrected chi connectivity index (χ0v) is 43.6. The molecule has 0 bridgehead atoms. The average Bonchev–Trinajstić information content (AvgIpc) is 1.39. The quantitative estimate of drug-likeness (QED) is 0.0762. The third-order valence-corrected chi connectivity index (χ3v) is 27.7. The molecular weight excluding hydrogens is 1000 g/mol. The van der Waals surface area contributed by atoms with Gasteiger partial charge in [-0.3, -0.25) is 0 Å². The molecule has 0 fully saturated rings. The Morgan fingerprint density at radius 1 is 0.146 bits per heavy atom. The molecule has 0 saturated heterocycles.